The van der Waals surface area contributed by atoms with Gasteiger partial charge in [0, 0.05) is 31.0 Å². The molecule has 1 aliphatic heterocycles. The van der Waals surface area contributed by atoms with Crippen molar-refractivity contribution in [2.45, 2.75) is 32.9 Å². The van der Waals surface area contributed by atoms with E-state index in [1.165, 1.54) is 37.2 Å². The first-order chi connectivity index (χ1) is 8.39. The second kappa shape index (κ2) is 5.02. The largest absolute Gasteiger partial charge is 0.332 e. The molecule has 4 heteroatoms. The van der Waals surface area contributed by atoms with Crippen LogP contribution in [0.5, 0.6) is 0 Å². The van der Waals surface area contributed by atoms with Crippen LogP contribution in [0, 0.1) is 0 Å². The van der Waals surface area contributed by atoms with E-state index in [0.29, 0.717) is 5.54 Å². The minimum absolute atomic E-state index is 0.315. The Hall–Kier alpha value is -0.870. The summed E-state index contributed by atoms with van der Waals surface area (Å²) in [5, 5.41) is 0. The van der Waals surface area contributed by atoms with Gasteiger partial charge in [0.1, 0.15) is 0 Å². The Morgan fingerprint density at radius 3 is 2.39 bits per heavy atom. The molecule has 0 aliphatic carbocycles. The van der Waals surface area contributed by atoms with Crippen molar-refractivity contribution < 1.29 is 4.48 Å². The number of rotatable bonds is 3. The Balaban J connectivity index is 1.83. The van der Waals surface area contributed by atoms with Crippen molar-refractivity contribution in [3.05, 3.63) is 18.7 Å². The average Bonchev–Trinajstić information content (AvgIpc) is 2.79. The molecule has 0 saturated carbocycles. The lowest BCUT2D eigenvalue weighted by molar-refractivity contribution is -0.914. The maximum Gasteiger partial charge on any atom is 0.0967 e. The van der Waals surface area contributed by atoms with Crippen LogP contribution in [0.3, 0.4) is 0 Å². The van der Waals surface area contributed by atoms with Crippen LogP contribution in [-0.4, -0.2) is 64.2 Å². The molecule has 0 bridgehead atoms. The summed E-state index contributed by atoms with van der Waals surface area (Å²) in [5.74, 6) is 0. The Kier molecular flexibility index (Phi) is 3.78. The van der Waals surface area contributed by atoms with Crippen LogP contribution >= 0.6 is 0 Å². The third-order valence-electron chi connectivity index (χ3n) is 4.23. The van der Waals surface area contributed by atoms with Gasteiger partial charge in [-0.3, -0.25) is 4.90 Å². The van der Waals surface area contributed by atoms with Crippen molar-refractivity contribution in [1.29, 1.82) is 0 Å². The van der Waals surface area contributed by atoms with Crippen LogP contribution in [0.25, 0.3) is 0 Å². The summed E-state index contributed by atoms with van der Waals surface area (Å²) in [7, 11) is 2.39. The molecule has 18 heavy (non-hydrogen) atoms. The lowest BCUT2D eigenvalue weighted by Crippen LogP contribution is -2.61. The van der Waals surface area contributed by atoms with Crippen LogP contribution < -0.4 is 0 Å². The topological polar surface area (TPSA) is 21.1 Å². The zero-order chi connectivity index (χ0) is 13.2. The van der Waals surface area contributed by atoms with Gasteiger partial charge in [0.2, 0.25) is 0 Å². The molecule has 0 aromatic carbocycles. The summed E-state index contributed by atoms with van der Waals surface area (Å²) in [6, 6.07) is 0. The van der Waals surface area contributed by atoms with Crippen molar-refractivity contribution in [2.75, 3.05) is 39.8 Å². The monoisotopic (exact) mass is 251 g/mol. The van der Waals surface area contributed by atoms with Crippen LogP contribution in [0.15, 0.2) is 18.7 Å². The molecular weight excluding hydrogens is 224 g/mol. The Labute approximate surface area is 111 Å². The molecule has 1 aliphatic rings. The Bertz CT molecular complexity index is 356. The minimum atomic E-state index is 0.315. The van der Waals surface area contributed by atoms with Gasteiger partial charge in [-0.1, -0.05) is 0 Å². The summed E-state index contributed by atoms with van der Waals surface area (Å²) >= 11 is 0. The number of nitrogens with zero attached hydrogens (tertiary/aromatic N) is 4. The average molecular weight is 251 g/mol. The van der Waals surface area contributed by atoms with Gasteiger partial charge in [-0.25, -0.2) is 4.98 Å². The van der Waals surface area contributed by atoms with Crippen molar-refractivity contribution in [3.8, 4) is 0 Å². The van der Waals surface area contributed by atoms with Gasteiger partial charge in [-0.05, 0) is 20.8 Å². The smallest absolute Gasteiger partial charge is 0.0967 e. The molecule has 102 valence electrons. The fourth-order valence-electron chi connectivity index (χ4n) is 2.62. The molecular formula is C14H27N4+. The number of hydrogen-bond acceptors (Lipinski definition) is 2. The summed E-state index contributed by atoms with van der Waals surface area (Å²) in [4.78, 5) is 6.70. The van der Waals surface area contributed by atoms with Crippen LogP contribution in [0.2, 0.25) is 0 Å². The lowest BCUT2D eigenvalue weighted by Gasteiger charge is -2.46. The van der Waals surface area contributed by atoms with Gasteiger partial charge in [0.25, 0.3) is 0 Å². The minimum Gasteiger partial charge on any atom is -0.332 e. The summed E-state index contributed by atoms with van der Waals surface area (Å²) in [5.41, 5.74) is 0.315. The van der Waals surface area contributed by atoms with E-state index in [4.69, 9.17) is 0 Å². The molecule has 1 aromatic rings. The molecule has 1 fully saturated rings. The number of piperazine rings is 1. The number of aromatic nitrogens is 2. The van der Waals surface area contributed by atoms with E-state index >= 15 is 0 Å². The first-order valence-corrected chi connectivity index (χ1v) is 6.93. The highest BCUT2D eigenvalue weighted by molar-refractivity contribution is 4.78. The molecule has 0 radical (unpaired) electrons. The van der Waals surface area contributed by atoms with Crippen LogP contribution in [0.1, 0.15) is 20.8 Å². The fraction of sp³-hybridized carbons (Fsp3) is 0.786. The van der Waals surface area contributed by atoms with E-state index in [9.17, 15) is 0 Å². The highest BCUT2D eigenvalue weighted by Crippen LogP contribution is 2.18. The standard InChI is InChI=1S/C14H27N4/c1-14(2,3)17-8-11-18(4,12-9-17)10-7-16-6-5-15-13-16/h5-6,13H,7-12H2,1-4H3/q+1. The number of hydrogen-bond donors (Lipinski definition) is 0. The zero-order valence-electron chi connectivity index (χ0n) is 12.3. The Morgan fingerprint density at radius 2 is 1.89 bits per heavy atom. The van der Waals surface area contributed by atoms with E-state index in [-0.39, 0.29) is 0 Å². The van der Waals surface area contributed by atoms with Crippen molar-refractivity contribution in [1.82, 2.24) is 14.5 Å². The quantitative estimate of drug-likeness (QED) is 0.758. The first kappa shape index (κ1) is 13.6. The van der Waals surface area contributed by atoms with Crippen molar-refractivity contribution in [3.63, 3.8) is 0 Å². The molecule has 0 spiro atoms. The van der Waals surface area contributed by atoms with Gasteiger partial charge in [-0.15, -0.1) is 0 Å². The number of imidazole rings is 1. The molecule has 0 N–H and O–H groups in total. The van der Waals surface area contributed by atoms with Crippen LogP contribution in [-0.2, 0) is 6.54 Å². The molecule has 0 unspecified atom stereocenters. The van der Waals surface area contributed by atoms with Crippen molar-refractivity contribution in [2.24, 2.45) is 0 Å². The Morgan fingerprint density at radius 1 is 1.22 bits per heavy atom. The summed E-state index contributed by atoms with van der Waals surface area (Å²) in [6.07, 6.45) is 5.83. The van der Waals surface area contributed by atoms with Gasteiger partial charge in [0.05, 0.1) is 39.6 Å². The van der Waals surface area contributed by atoms with E-state index in [2.05, 4.69) is 48.5 Å². The molecule has 0 atom stereocenters. The molecule has 4 nitrogen and oxygen atoms in total. The van der Waals surface area contributed by atoms with E-state index in [1.54, 1.807) is 0 Å². The lowest BCUT2D eigenvalue weighted by atomic mass is 10.0. The third kappa shape index (κ3) is 3.33. The first-order valence-electron chi connectivity index (χ1n) is 6.93. The predicted octanol–water partition coefficient (Wildman–Crippen LogP) is 1.44. The van der Waals surface area contributed by atoms with Crippen molar-refractivity contribution >= 4 is 0 Å². The van der Waals surface area contributed by atoms with Gasteiger partial charge in [-0.2, -0.15) is 0 Å². The second-order valence-electron chi connectivity index (χ2n) is 6.75. The van der Waals surface area contributed by atoms with E-state index < -0.39 is 0 Å². The molecule has 2 heterocycles. The van der Waals surface area contributed by atoms with Gasteiger partial charge >= 0.3 is 0 Å². The maximum absolute atomic E-state index is 4.10. The van der Waals surface area contributed by atoms with Crippen LogP contribution in [0.4, 0.5) is 0 Å². The third-order valence-corrected chi connectivity index (χ3v) is 4.23. The number of quaternary nitrogens is 1. The van der Waals surface area contributed by atoms with E-state index in [1.807, 2.05) is 12.5 Å². The number of likely N-dealkylation sites (N-methyl/N-ethyl adjacent to an activating group) is 1. The molecule has 1 aromatic heterocycles. The molecule has 1 saturated heterocycles. The predicted molar refractivity (Wildman–Crippen MR) is 74.3 cm³/mol. The highest BCUT2D eigenvalue weighted by Gasteiger charge is 2.32. The fourth-order valence-corrected chi connectivity index (χ4v) is 2.62. The second-order valence-corrected chi connectivity index (χ2v) is 6.75. The SMILES string of the molecule is CC(C)(C)N1CC[N+](C)(CCn2ccnc2)CC1. The summed E-state index contributed by atoms with van der Waals surface area (Å²) < 4.78 is 3.37. The highest BCUT2D eigenvalue weighted by atomic mass is 15.4. The molecule has 2 rings (SSSR count). The summed E-state index contributed by atoms with van der Waals surface area (Å²) in [6.45, 7) is 14.2. The molecule has 0 amide bonds. The maximum atomic E-state index is 4.10. The van der Waals surface area contributed by atoms with E-state index in [0.717, 1.165) is 6.54 Å². The van der Waals surface area contributed by atoms with Gasteiger partial charge in [0.15, 0.2) is 0 Å². The zero-order valence-corrected chi connectivity index (χ0v) is 12.3. The van der Waals surface area contributed by atoms with Gasteiger partial charge < -0.3 is 9.05 Å². The normalized spacial score (nSPS) is 21.1.